The number of ether oxygens (including phenoxy) is 1. The SMILES string of the molecule is CC(C)S(=O)(=O)N1CC(COc2cncc(Cl)n2)C1. The van der Waals surface area contributed by atoms with Crippen molar-refractivity contribution in [2.24, 2.45) is 5.92 Å². The van der Waals surface area contributed by atoms with Gasteiger partial charge in [0.25, 0.3) is 0 Å². The molecule has 1 aliphatic heterocycles. The Bertz CT molecular complexity index is 544. The fourth-order valence-corrected chi connectivity index (χ4v) is 3.31. The molecule has 0 amide bonds. The van der Waals surface area contributed by atoms with Crippen LogP contribution in [-0.4, -0.2) is 47.6 Å². The summed E-state index contributed by atoms with van der Waals surface area (Å²) in [5.74, 6) is 0.548. The van der Waals surface area contributed by atoms with Crippen LogP contribution in [0.3, 0.4) is 0 Å². The predicted molar refractivity (Wildman–Crippen MR) is 71.7 cm³/mol. The van der Waals surface area contributed by atoms with E-state index >= 15 is 0 Å². The summed E-state index contributed by atoms with van der Waals surface area (Å²) in [5.41, 5.74) is 0. The summed E-state index contributed by atoms with van der Waals surface area (Å²) in [4.78, 5) is 7.81. The summed E-state index contributed by atoms with van der Waals surface area (Å²) in [6, 6.07) is 0. The van der Waals surface area contributed by atoms with Gasteiger partial charge in [-0.15, -0.1) is 0 Å². The lowest BCUT2D eigenvalue weighted by molar-refractivity contribution is 0.126. The maximum atomic E-state index is 11.8. The quantitative estimate of drug-likeness (QED) is 0.817. The molecule has 0 atom stereocenters. The van der Waals surface area contributed by atoms with Crippen molar-refractivity contribution in [3.05, 3.63) is 17.5 Å². The predicted octanol–water partition coefficient (Wildman–Crippen LogP) is 1.18. The van der Waals surface area contributed by atoms with Crippen molar-refractivity contribution in [3.63, 3.8) is 0 Å². The van der Waals surface area contributed by atoms with Crippen molar-refractivity contribution in [1.82, 2.24) is 14.3 Å². The fraction of sp³-hybridized carbons (Fsp3) is 0.636. The zero-order valence-corrected chi connectivity index (χ0v) is 12.4. The number of sulfonamides is 1. The standard InChI is InChI=1S/C11H16ClN3O3S/c1-8(2)19(16,17)15-5-9(6-15)7-18-11-4-13-3-10(12)14-11/h3-4,8-9H,5-7H2,1-2H3. The number of hydrogen-bond donors (Lipinski definition) is 0. The van der Waals surface area contributed by atoms with E-state index in [9.17, 15) is 8.42 Å². The molecule has 1 fully saturated rings. The van der Waals surface area contributed by atoms with Gasteiger partial charge in [0.2, 0.25) is 15.9 Å². The van der Waals surface area contributed by atoms with Gasteiger partial charge in [-0.25, -0.2) is 12.7 Å². The van der Waals surface area contributed by atoms with E-state index in [2.05, 4.69) is 9.97 Å². The second kappa shape index (κ2) is 5.60. The monoisotopic (exact) mass is 305 g/mol. The van der Waals surface area contributed by atoms with E-state index in [0.717, 1.165) is 0 Å². The molecule has 0 unspecified atom stereocenters. The minimum Gasteiger partial charge on any atom is -0.476 e. The smallest absolute Gasteiger partial charge is 0.233 e. The van der Waals surface area contributed by atoms with Crippen LogP contribution in [0.15, 0.2) is 12.4 Å². The maximum absolute atomic E-state index is 11.8. The Labute approximate surface area is 117 Å². The van der Waals surface area contributed by atoms with E-state index in [0.29, 0.717) is 25.6 Å². The van der Waals surface area contributed by atoms with Crippen molar-refractivity contribution in [3.8, 4) is 5.88 Å². The average Bonchev–Trinajstić information content (AvgIpc) is 2.26. The molecule has 0 N–H and O–H groups in total. The Balaban J connectivity index is 1.80. The molecule has 1 aromatic heterocycles. The lowest BCUT2D eigenvalue weighted by atomic mass is 10.1. The van der Waals surface area contributed by atoms with Gasteiger partial charge in [-0.05, 0) is 13.8 Å². The Hall–Kier alpha value is -0.920. The van der Waals surface area contributed by atoms with Crippen LogP contribution < -0.4 is 4.74 Å². The topological polar surface area (TPSA) is 72.4 Å². The highest BCUT2D eigenvalue weighted by Gasteiger charge is 2.37. The summed E-state index contributed by atoms with van der Waals surface area (Å²) in [5, 5.41) is -0.108. The average molecular weight is 306 g/mol. The van der Waals surface area contributed by atoms with Crippen LogP contribution in [0.4, 0.5) is 0 Å². The van der Waals surface area contributed by atoms with E-state index in [4.69, 9.17) is 16.3 Å². The molecule has 2 rings (SSSR count). The molecule has 1 aliphatic rings. The van der Waals surface area contributed by atoms with Crippen LogP contribution in [0.1, 0.15) is 13.8 Å². The number of halogens is 1. The molecule has 8 heteroatoms. The van der Waals surface area contributed by atoms with Crippen LogP contribution in [-0.2, 0) is 10.0 Å². The molecule has 1 aromatic rings. The number of hydrogen-bond acceptors (Lipinski definition) is 5. The van der Waals surface area contributed by atoms with Crippen LogP contribution >= 0.6 is 11.6 Å². The third-order valence-corrected chi connectivity index (χ3v) is 5.32. The highest BCUT2D eigenvalue weighted by atomic mass is 35.5. The van der Waals surface area contributed by atoms with Gasteiger partial charge in [0, 0.05) is 19.0 Å². The second-order valence-electron chi connectivity index (χ2n) is 4.77. The molecule has 0 aliphatic carbocycles. The Kier molecular flexibility index (Phi) is 4.27. The van der Waals surface area contributed by atoms with E-state index in [1.54, 1.807) is 13.8 Å². The summed E-state index contributed by atoms with van der Waals surface area (Å²) in [6.45, 7) is 4.77. The highest BCUT2D eigenvalue weighted by Crippen LogP contribution is 2.23. The van der Waals surface area contributed by atoms with Crippen molar-refractivity contribution in [2.45, 2.75) is 19.1 Å². The van der Waals surface area contributed by atoms with Gasteiger partial charge >= 0.3 is 0 Å². The molecule has 0 saturated carbocycles. The van der Waals surface area contributed by atoms with Gasteiger partial charge in [0.15, 0.2) is 5.15 Å². The van der Waals surface area contributed by atoms with Crippen molar-refractivity contribution >= 4 is 21.6 Å². The van der Waals surface area contributed by atoms with Gasteiger partial charge in [-0.2, -0.15) is 4.98 Å². The van der Waals surface area contributed by atoms with Crippen molar-refractivity contribution in [1.29, 1.82) is 0 Å². The molecule has 1 saturated heterocycles. The van der Waals surface area contributed by atoms with Crippen molar-refractivity contribution < 1.29 is 13.2 Å². The molecular weight excluding hydrogens is 290 g/mol. The van der Waals surface area contributed by atoms with Crippen LogP contribution in [0.2, 0.25) is 5.15 Å². The summed E-state index contributed by atoms with van der Waals surface area (Å²) in [6.07, 6.45) is 2.90. The van der Waals surface area contributed by atoms with E-state index in [-0.39, 0.29) is 16.3 Å². The third kappa shape index (κ3) is 3.34. The zero-order chi connectivity index (χ0) is 14.0. The van der Waals surface area contributed by atoms with E-state index in [1.165, 1.54) is 16.7 Å². The molecule has 0 bridgehead atoms. The molecular formula is C11H16ClN3O3S. The van der Waals surface area contributed by atoms with Gasteiger partial charge in [0.05, 0.1) is 24.3 Å². The van der Waals surface area contributed by atoms with Crippen LogP contribution in [0, 0.1) is 5.92 Å². The fourth-order valence-electron chi connectivity index (χ4n) is 1.73. The number of aromatic nitrogens is 2. The first-order valence-corrected chi connectivity index (χ1v) is 7.87. The number of rotatable bonds is 5. The molecule has 6 nitrogen and oxygen atoms in total. The van der Waals surface area contributed by atoms with Crippen LogP contribution in [0.25, 0.3) is 0 Å². The molecule has 0 spiro atoms. The van der Waals surface area contributed by atoms with E-state index in [1.807, 2.05) is 0 Å². The first-order valence-electron chi connectivity index (χ1n) is 5.99. The molecule has 0 aromatic carbocycles. The summed E-state index contributed by atoms with van der Waals surface area (Å²) < 4.78 is 30.6. The maximum Gasteiger partial charge on any atom is 0.233 e. The van der Waals surface area contributed by atoms with Gasteiger partial charge in [-0.3, -0.25) is 4.98 Å². The first kappa shape index (κ1) is 14.5. The van der Waals surface area contributed by atoms with Crippen LogP contribution in [0.5, 0.6) is 5.88 Å². The second-order valence-corrected chi connectivity index (χ2v) is 7.64. The number of nitrogens with zero attached hydrogens (tertiary/aromatic N) is 3. The highest BCUT2D eigenvalue weighted by molar-refractivity contribution is 7.89. The van der Waals surface area contributed by atoms with Gasteiger partial charge < -0.3 is 4.74 Å². The minimum atomic E-state index is -3.13. The molecule has 106 valence electrons. The first-order chi connectivity index (χ1) is 8.89. The minimum absolute atomic E-state index is 0.189. The summed E-state index contributed by atoms with van der Waals surface area (Å²) in [7, 11) is -3.13. The molecule has 0 radical (unpaired) electrons. The van der Waals surface area contributed by atoms with Crippen molar-refractivity contribution in [2.75, 3.05) is 19.7 Å². The Morgan fingerprint density at radius 3 is 2.74 bits per heavy atom. The van der Waals surface area contributed by atoms with E-state index < -0.39 is 10.0 Å². The Morgan fingerprint density at radius 2 is 2.16 bits per heavy atom. The van der Waals surface area contributed by atoms with Gasteiger partial charge in [0.1, 0.15) is 0 Å². The Morgan fingerprint density at radius 1 is 1.47 bits per heavy atom. The normalized spacial score (nSPS) is 17.5. The third-order valence-electron chi connectivity index (χ3n) is 2.93. The summed E-state index contributed by atoms with van der Waals surface area (Å²) >= 11 is 5.68. The van der Waals surface area contributed by atoms with Gasteiger partial charge in [-0.1, -0.05) is 11.6 Å². The largest absolute Gasteiger partial charge is 0.476 e. The molecule has 2 heterocycles. The lowest BCUT2D eigenvalue weighted by Gasteiger charge is -2.38. The lowest BCUT2D eigenvalue weighted by Crippen LogP contribution is -2.53. The molecule has 19 heavy (non-hydrogen) atoms. The zero-order valence-electron chi connectivity index (χ0n) is 10.8.